The number of benzene rings is 2. The van der Waals surface area contributed by atoms with Crippen LogP contribution in [-0.4, -0.2) is 36.9 Å². The van der Waals surface area contributed by atoms with Crippen molar-refractivity contribution in [2.45, 2.75) is 6.92 Å². The highest BCUT2D eigenvalue weighted by molar-refractivity contribution is 6.33. The van der Waals surface area contributed by atoms with Crippen LogP contribution in [0.25, 0.3) is 0 Å². The van der Waals surface area contributed by atoms with Crippen LogP contribution in [0.15, 0.2) is 48.5 Å². The number of ether oxygens (including phenoxy) is 1. The first-order valence-corrected chi connectivity index (χ1v) is 7.90. The molecule has 0 aliphatic heterocycles. The Labute approximate surface area is 146 Å². The van der Waals surface area contributed by atoms with Gasteiger partial charge in [0.25, 0.3) is 5.91 Å². The largest absolute Gasteiger partial charge is 0.497 e. The molecule has 2 aromatic carbocycles. The van der Waals surface area contributed by atoms with E-state index in [1.807, 2.05) is 6.92 Å². The number of hydrogen-bond donors (Lipinski definition) is 1. The maximum atomic E-state index is 12.5. The van der Waals surface area contributed by atoms with E-state index in [-0.39, 0.29) is 18.4 Å². The molecule has 24 heavy (non-hydrogen) atoms. The number of amides is 2. The summed E-state index contributed by atoms with van der Waals surface area (Å²) >= 11 is 6.06. The first kappa shape index (κ1) is 17.8. The molecule has 0 unspecified atom stereocenters. The van der Waals surface area contributed by atoms with Crippen LogP contribution in [0.5, 0.6) is 5.75 Å². The second kappa shape index (κ2) is 8.36. The number of carbonyl (C=O) groups is 2. The molecule has 1 N–H and O–H groups in total. The van der Waals surface area contributed by atoms with Gasteiger partial charge in [0.05, 0.1) is 17.7 Å². The number of anilines is 1. The summed E-state index contributed by atoms with van der Waals surface area (Å²) < 4.78 is 5.07. The van der Waals surface area contributed by atoms with Crippen LogP contribution in [0, 0.1) is 0 Å². The van der Waals surface area contributed by atoms with Gasteiger partial charge in [0.1, 0.15) is 12.3 Å². The third kappa shape index (κ3) is 4.49. The molecule has 0 atom stereocenters. The predicted molar refractivity (Wildman–Crippen MR) is 94.7 cm³/mol. The minimum absolute atomic E-state index is 0.0490. The molecule has 0 saturated carbocycles. The highest BCUT2D eigenvalue weighted by Crippen LogP contribution is 2.18. The Kier molecular flexibility index (Phi) is 6.21. The number of halogens is 1. The SMILES string of the molecule is CCN(CC(=O)Nc1ccc(OC)cc1)C(=O)c1ccccc1Cl. The summed E-state index contributed by atoms with van der Waals surface area (Å²) in [5.74, 6) is 0.160. The maximum absolute atomic E-state index is 12.5. The normalized spacial score (nSPS) is 10.1. The molecule has 0 saturated heterocycles. The van der Waals surface area contributed by atoms with E-state index in [1.54, 1.807) is 55.6 Å². The highest BCUT2D eigenvalue weighted by atomic mass is 35.5. The molecule has 0 spiro atoms. The van der Waals surface area contributed by atoms with E-state index < -0.39 is 0 Å². The Morgan fingerprint density at radius 1 is 1.12 bits per heavy atom. The Hall–Kier alpha value is -2.53. The molecular weight excluding hydrogens is 328 g/mol. The van der Waals surface area contributed by atoms with Crippen LogP contribution in [0.4, 0.5) is 5.69 Å². The fraction of sp³-hybridized carbons (Fsp3) is 0.222. The van der Waals surface area contributed by atoms with Crippen molar-refractivity contribution in [2.75, 3.05) is 25.5 Å². The summed E-state index contributed by atoms with van der Waals surface area (Å²) in [5, 5.41) is 3.13. The van der Waals surface area contributed by atoms with Gasteiger partial charge in [-0.2, -0.15) is 0 Å². The van der Waals surface area contributed by atoms with Crippen molar-refractivity contribution in [3.63, 3.8) is 0 Å². The van der Waals surface area contributed by atoms with Crippen LogP contribution >= 0.6 is 11.6 Å². The fourth-order valence-corrected chi connectivity index (χ4v) is 2.40. The van der Waals surface area contributed by atoms with Crippen molar-refractivity contribution in [1.82, 2.24) is 4.90 Å². The molecule has 2 amide bonds. The number of carbonyl (C=O) groups excluding carboxylic acids is 2. The van der Waals surface area contributed by atoms with Crippen LogP contribution in [0.2, 0.25) is 5.02 Å². The fourth-order valence-electron chi connectivity index (χ4n) is 2.18. The highest BCUT2D eigenvalue weighted by Gasteiger charge is 2.19. The average molecular weight is 347 g/mol. The van der Waals surface area contributed by atoms with Crippen LogP contribution < -0.4 is 10.1 Å². The summed E-state index contributed by atoms with van der Waals surface area (Å²) in [6, 6.07) is 13.8. The molecule has 2 aromatic rings. The molecule has 0 aliphatic carbocycles. The summed E-state index contributed by atoms with van der Waals surface area (Å²) in [7, 11) is 1.58. The van der Waals surface area contributed by atoms with Gasteiger partial charge in [0, 0.05) is 12.2 Å². The molecular formula is C18H19ClN2O3. The van der Waals surface area contributed by atoms with Gasteiger partial charge < -0.3 is 15.0 Å². The standard InChI is InChI=1S/C18H19ClN2O3/c1-3-21(18(23)15-6-4-5-7-16(15)19)12-17(22)20-13-8-10-14(24-2)11-9-13/h4-11H,3,12H2,1-2H3,(H,20,22). The van der Waals surface area contributed by atoms with E-state index in [1.165, 1.54) is 4.90 Å². The van der Waals surface area contributed by atoms with Gasteiger partial charge >= 0.3 is 0 Å². The van der Waals surface area contributed by atoms with E-state index >= 15 is 0 Å². The van der Waals surface area contributed by atoms with Crippen molar-refractivity contribution >= 4 is 29.1 Å². The van der Waals surface area contributed by atoms with E-state index in [4.69, 9.17) is 16.3 Å². The quantitative estimate of drug-likeness (QED) is 0.871. The van der Waals surface area contributed by atoms with Crippen LogP contribution in [0.3, 0.4) is 0 Å². The van der Waals surface area contributed by atoms with E-state index in [0.717, 1.165) is 0 Å². The smallest absolute Gasteiger partial charge is 0.255 e. The van der Waals surface area contributed by atoms with Crippen LogP contribution in [0.1, 0.15) is 17.3 Å². The number of rotatable bonds is 6. The van der Waals surface area contributed by atoms with Crippen molar-refractivity contribution in [1.29, 1.82) is 0 Å². The van der Waals surface area contributed by atoms with Gasteiger partial charge in [0.15, 0.2) is 0 Å². The summed E-state index contributed by atoms with van der Waals surface area (Å²) in [6.45, 7) is 2.17. The third-order valence-electron chi connectivity index (χ3n) is 3.48. The van der Waals surface area contributed by atoms with Crippen molar-refractivity contribution in [3.05, 3.63) is 59.1 Å². The lowest BCUT2D eigenvalue weighted by Crippen LogP contribution is -2.38. The van der Waals surface area contributed by atoms with Gasteiger partial charge in [-0.1, -0.05) is 23.7 Å². The zero-order chi connectivity index (χ0) is 17.5. The number of hydrogen-bond acceptors (Lipinski definition) is 3. The molecule has 0 bridgehead atoms. The lowest BCUT2D eigenvalue weighted by molar-refractivity contribution is -0.116. The maximum Gasteiger partial charge on any atom is 0.255 e. The Balaban J connectivity index is 2.02. The first-order valence-electron chi connectivity index (χ1n) is 7.53. The second-order valence-corrected chi connectivity index (χ2v) is 5.48. The Morgan fingerprint density at radius 3 is 2.38 bits per heavy atom. The molecule has 5 nitrogen and oxygen atoms in total. The minimum Gasteiger partial charge on any atom is -0.497 e. The van der Waals surface area contributed by atoms with Crippen LogP contribution in [-0.2, 0) is 4.79 Å². The van der Waals surface area contributed by atoms with Crippen molar-refractivity contribution < 1.29 is 14.3 Å². The lowest BCUT2D eigenvalue weighted by atomic mass is 10.2. The van der Waals surface area contributed by atoms with Gasteiger partial charge in [-0.25, -0.2) is 0 Å². The number of likely N-dealkylation sites (N-methyl/N-ethyl adjacent to an activating group) is 1. The molecule has 0 aromatic heterocycles. The van der Waals surface area contributed by atoms with E-state index in [2.05, 4.69) is 5.32 Å². The molecule has 126 valence electrons. The lowest BCUT2D eigenvalue weighted by Gasteiger charge is -2.21. The zero-order valence-corrected chi connectivity index (χ0v) is 14.3. The number of nitrogens with one attached hydrogen (secondary N) is 1. The minimum atomic E-state index is -0.276. The summed E-state index contributed by atoms with van der Waals surface area (Å²) in [5.41, 5.74) is 1.03. The van der Waals surface area contributed by atoms with E-state index in [9.17, 15) is 9.59 Å². The summed E-state index contributed by atoms with van der Waals surface area (Å²) in [6.07, 6.45) is 0. The van der Waals surface area contributed by atoms with Crippen molar-refractivity contribution in [2.24, 2.45) is 0 Å². The third-order valence-corrected chi connectivity index (χ3v) is 3.81. The topological polar surface area (TPSA) is 58.6 Å². The Bertz CT molecular complexity index is 716. The van der Waals surface area contributed by atoms with Gasteiger partial charge in [-0.15, -0.1) is 0 Å². The molecule has 0 radical (unpaired) electrons. The zero-order valence-electron chi connectivity index (χ0n) is 13.6. The number of methoxy groups -OCH3 is 1. The van der Waals surface area contributed by atoms with Crippen molar-refractivity contribution in [3.8, 4) is 5.75 Å². The monoisotopic (exact) mass is 346 g/mol. The van der Waals surface area contributed by atoms with Gasteiger partial charge in [0.2, 0.25) is 5.91 Å². The van der Waals surface area contributed by atoms with Gasteiger partial charge in [-0.05, 0) is 43.3 Å². The van der Waals surface area contributed by atoms with E-state index in [0.29, 0.717) is 28.6 Å². The first-order chi connectivity index (χ1) is 11.5. The summed E-state index contributed by atoms with van der Waals surface area (Å²) in [4.78, 5) is 26.1. The number of nitrogens with zero attached hydrogens (tertiary/aromatic N) is 1. The Morgan fingerprint density at radius 2 is 1.79 bits per heavy atom. The molecule has 0 heterocycles. The molecule has 2 rings (SSSR count). The average Bonchev–Trinajstić information content (AvgIpc) is 2.60. The van der Waals surface area contributed by atoms with Gasteiger partial charge in [-0.3, -0.25) is 9.59 Å². The second-order valence-electron chi connectivity index (χ2n) is 5.08. The predicted octanol–water partition coefficient (Wildman–Crippen LogP) is 3.45. The molecule has 0 aliphatic rings. The molecule has 0 fully saturated rings. The molecule has 6 heteroatoms.